The highest BCUT2D eigenvalue weighted by Crippen LogP contribution is 2.36. The van der Waals surface area contributed by atoms with Gasteiger partial charge in [0.25, 0.3) is 0 Å². The fourth-order valence-electron chi connectivity index (χ4n) is 2.66. The standard InChI is InChI=1S/C17H20F2N2O2/c1-16(2,3)23-15(22)21-8-6-17(11-20,7-9-21)12-4-5-13(18)14(19)10-12/h4-5,10H,6-9H2,1-3H3. The molecule has 124 valence electrons. The van der Waals surface area contributed by atoms with E-state index in [4.69, 9.17) is 4.74 Å². The normalized spacial score (nSPS) is 17.5. The molecule has 0 bridgehead atoms. The van der Waals surface area contributed by atoms with Gasteiger partial charge in [0.15, 0.2) is 11.6 Å². The molecule has 0 aliphatic carbocycles. The maximum absolute atomic E-state index is 13.5. The summed E-state index contributed by atoms with van der Waals surface area (Å²) in [6.07, 6.45) is 0.288. The van der Waals surface area contributed by atoms with E-state index < -0.39 is 28.7 Å². The number of benzene rings is 1. The molecular weight excluding hydrogens is 302 g/mol. The summed E-state index contributed by atoms with van der Waals surface area (Å²) in [6.45, 7) is 6.03. The first-order valence-corrected chi connectivity index (χ1v) is 7.52. The summed E-state index contributed by atoms with van der Waals surface area (Å²) in [5.41, 5.74) is -1.05. The third-order valence-electron chi connectivity index (χ3n) is 3.95. The third kappa shape index (κ3) is 3.79. The molecule has 4 nitrogen and oxygen atoms in total. The second-order valence-electron chi connectivity index (χ2n) is 6.79. The number of rotatable bonds is 1. The van der Waals surface area contributed by atoms with Crippen LogP contribution in [0.25, 0.3) is 0 Å². The topological polar surface area (TPSA) is 53.3 Å². The number of nitriles is 1. The lowest BCUT2D eigenvalue weighted by Gasteiger charge is -2.38. The van der Waals surface area contributed by atoms with Crippen molar-refractivity contribution in [2.45, 2.75) is 44.6 Å². The van der Waals surface area contributed by atoms with Crippen LogP contribution in [0.3, 0.4) is 0 Å². The Morgan fingerprint density at radius 1 is 1.26 bits per heavy atom. The van der Waals surface area contributed by atoms with E-state index >= 15 is 0 Å². The Hall–Kier alpha value is -2.16. The fourth-order valence-corrected chi connectivity index (χ4v) is 2.66. The van der Waals surface area contributed by atoms with E-state index in [-0.39, 0.29) is 0 Å². The number of carbonyl (C=O) groups is 1. The van der Waals surface area contributed by atoms with Crippen molar-refractivity contribution in [2.24, 2.45) is 0 Å². The number of carbonyl (C=O) groups excluding carboxylic acids is 1. The van der Waals surface area contributed by atoms with Crippen molar-refractivity contribution in [1.82, 2.24) is 4.90 Å². The van der Waals surface area contributed by atoms with Crippen LogP contribution in [0.4, 0.5) is 13.6 Å². The van der Waals surface area contributed by atoms with Crippen LogP contribution in [0.15, 0.2) is 18.2 Å². The summed E-state index contributed by atoms with van der Waals surface area (Å²) in [5, 5.41) is 9.57. The lowest BCUT2D eigenvalue weighted by molar-refractivity contribution is 0.0185. The summed E-state index contributed by atoms with van der Waals surface area (Å²) in [7, 11) is 0. The van der Waals surface area contributed by atoms with Crippen LogP contribution in [-0.2, 0) is 10.2 Å². The molecule has 1 aliphatic rings. The van der Waals surface area contributed by atoms with Crippen molar-refractivity contribution in [2.75, 3.05) is 13.1 Å². The lowest BCUT2D eigenvalue weighted by Crippen LogP contribution is -2.46. The van der Waals surface area contributed by atoms with Gasteiger partial charge < -0.3 is 9.64 Å². The molecule has 0 radical (unpaired) electrons. The van der Waals surface area contributed by atoms with Crippen molar-refractivity contribution in [3.8, 4) is 6.07 Å². The highest BCUT2D eigenvalue weighted by atomic mass is 19.2. The molecule has 1 amide bonds. The van der Waals surface area contributed by atoms with Gasteiger partial charge >= 0.3 is 6.09 Å². The largest absolute Gasteiger partial charge is 0.444 e. The van der Waals surface area contributed by atoms with Gasteiger partial charge in [-0.05, 0) is 51.3 Å². The van der Waals surface area contributed by atoms with Gasteiger partial charge in [0, 0.05) is 13.1 Å². The van der Waals surface area contributed by atoms with Crippen LogP contribution in [-0.4, -0.2) is 29.7 Å². The van der Waals surface area contributed by atoms with Crippen LogP contribution in [0.2, 0.25) is 0 Å². The Bertz CT molecular complexity index is 639. The summed E-state index contributed by atoms with van der Waals surface area (Å²) >= 11 is 0. The predicted octanol–water partition coefficient (Wildman–Crippen LogP) is 3.76. The van der Waals surface area contributed by atoms with Gasteiger partial charge in [0.2, 0.25) is 0 Å². The van der Waals surface area contributed by atoms with Gasteiger partial charge in [0.1, 0.15) is 5.60 Å². The number of hydrogen-bond acceptors (Lipinski definition) is 3. The Kier molecular flexibility index (Phi) is 4.60. The number of nitrogens with zero attached hydrogens (tertiary/aromatic N) is 2. The molecule has 1 heterocycles. The minimum Gasteiger partial charge on any atom is -0.444 e. The van der Waals surface area contributed by atoms with Gasteiger partial charge in [0.05, 0.1) is 11.5 Å². The number of ether oxygens (including phenoxy) is 1. The summed E-state index contributed by atoms with van der Waals surface area (Å²) in [6, 6.07) is 5.76. The van der Waals surface area contributed by atoms with E-state index in [1.807, 2.05) is 0 Å². The van der Waals surface area contributed by atoms with E-state index in [0.717, 1.165) is 12.1 Å². The molecule has 0 unspecified atom stereocenters. The minimum atomic E-state index is -0.966. The molecule has 1 aliphatic heterocycles. The van der Waals surface area contributed by atoms with Gasteiger partial charge in [-0.3, -0.25) is 0 Å². The van der Waals surface area contributed by atoms with Gasteiger partial charge in [-0.15, -0.1) is 0 Å². The van der Waals surface area contributed by atoms with Crippen molar-refractivity contribution in [1.29, 1.82) is 5.26 Å². The maximum atomic E-state index is 13.5. The zero-order valence-electron chi connectivity index (χ0n) is 13.5. The smallest absolute Gasteiger partial charge is 0.410 e. The molecule has 0 aromatic heterocycles. The molecule has 1 aromatic rings. The van der Waals surface area contributed by atoms with Crippen LogP contribution in [0, 0.1) is 23.0 Å². The molecule has 23 heavy (non-hydrogen) atoms. The molecule has 2 rings (SSSR count). The Balaban J connectivity index is 2.12. The second kappa shape index (κ2) is 6.15. The van der Waals surface area contributed by atoms with Crippen LogP contribution in [0.1, 0.15) is 39.2 Å². The number of likely N-dealkylation sites (tertiary alicyclic amines) is 1. The average Bonchev–Trinajstić information content (AvgIpc) is 2.48. The zero-order chi connectivity index (χ0) is 17.3. The zero-order valence-corrected chi connectivity index (χ0v) is 13.5. The first-order valence-electron chi connectivity index (χ1n) is 7.52. The fraction of sp³-hybridized carbons (Fsp3) is 0.529. The number of amides is 1. The Labute approximate surface area is 134 Å². The molecule has 0 spiro atoms. The highest BCUT2D eigenvalue weighted by Gasteiger charge is 2.39. The molecule has 0 atom stereocenters. The van der Waals surface area contributed by atoms with Crippen molar-refractivity contribution < 1.29 is 18.3 Å². The molecule has 1 saturated heterocycles. The van der Waals surface area contributed by atoms with E-state index in [1.165, 1.54) is 6.07 Å². The number of piperidine rings is 1. The lowest BCUT2D eigenvalue weighted by atomic mass is 9.74. The van der Waals surface area contributed by atoms with Crippen LogP contribution < -0.4 is 0 Å². The third-order valence-corrected chi connectivity index (χ3v) is 3.95. The summed E-state index contributed by atoms with van der Waals surface area (Å²) < 4.78 is 31.9. The first-order chi connectivity index (χ1) is 10.7. The van der Waals surface area contributed by atoms with Crippen molar-refractivity contribution >= 4 is 6.09 Å². The Morgan fingerprint density at radius 3 is 2.35 bits per heavy atom. The SMILES string of the molecule is CC(C)(C)OC(=O)N1CCC(C#N)(c2ccc(F)c(F)c2)CC1. The Morgan fingerprint density at radius 2 is 1.87 bits per heavy atom. The number of hydrogen-bond donors (Lipinski definition) is 0. The van der Waals surface area contributed by atoms with Gasteiger partial charge in [-0.1, -0.05) is 6.07 Å². The molecule has 0 N–H and O–H groups in total. The molecule has 0 saturated carbocycles. The van der Waals surface area contributed by atoms with Crippen LogP contribution >= 0.6 is 0 Å². The minimum absolute atomic E-state index is 0.335. The quantitative estimate of drug-likeness (QED) is 0.791. The van der Waals surface area contributed by atoms with Crippen molar-refractivity contribution in [3.63, 3.8) is 0 Å². The van der Waals surface area contributed by atoms with Crippen LogP contribution in [0.5, 0.6) is 0 Å². The second-order valence-corrected chi connectivity index (χ2v) is 6.79. The summed E-state index contributed by atoms with van der Waals surface area (Å²) in [4.78, 5) is 13.6. The number of halogens is 2. The molecule has 1 fully saturated rings. The predicted molar refractivity (Wildman–Crippen MR) is 80.7 cm³/mol. The summed E-state index contributed by atoms with van der Waals surface area (Å²) in [5.74, 6) is -1.90. The first kappa shape index (κ1) is 17.2. The van der Waals surface area contributed by atoms with Gasteiger partial charge in [-0.2, -0.15) is 5.26 Å². The average molecular weight is 322 g/mol. The highest BCUT2D eigenvalue weighted by molar-refractivity contribution is 5.68. The van der Waals surface area contributed by atoms with E-state index in [0.29, 0.717) is 31.5 Å². The van der Waals surface area contributed by atoms with Gasteiger partial charge in [-0.25, -0.2) is 13.6 Å². The van der Waals surface area contributed by atoms with E-state index in [9.17, 15) is 18.8 Å². The molecular formula is C17H20F2N2O2. The van der Waals surface area contributed by atoms with Crippen molar-refractivity contribution in [3.05, 3.63) is 35.4 Å². The monoisotopic (exact) mass is 322 g/mol. The van der Waals surface area contributed by atoms with E-state index in [2.05, 4.69) is 6.07 Å². The maximum Gasteiger partial charge on any atom is 0.410 e. The molecule has 1 aromatic carbocycles. The van der Waals surface area contributed by atoms with E-state index in [1.54, 1.807) is 25.7 Å². The molecule has 6 heteroatoms.